The number of aliphatic hydroxyl groups is 2. The maximum Gasteiger partial charge on any atom is 0.308 e. The van der Waals surface area contributed by atoms with Gasteiger partial charge in [-0.2, -0.15) is 0 Å². The van der Waals surface area contributed by atoms with Crippen molar-refractivity contribution in [3.63, 3.8) is 0 Å². The van der Waals surface area contributed by atoms with Crippen LogP contribution in [0.25, 0.3) is 5.57 Å². The van der Waals surface area contributed by atoms with Crippen LogP contribution in [0.3, 0.4) is 0 Å². The molecule has 0 aromatic heterocycles. The summed E-state index contributed by atoms with van der Waals surface area (Å²) in [5.41, 5.74) is -2.22. The molecule has 1 heterocycles. The Morgan fingerprint density at radius 1 is 0.882 bits per heavy atom. The van der Waals surface area contributed by atoms with Gasteiger partial charge in [-0.1, -0.05) is 6.08 Å². The van der Waals surface area contributed by atoms with Crippen LogP contribution in [0.2, 0.25) is 0 Å². The number of phenolic OH excluding ortho intramolecular Hbond substituents is 7. The Hall–Kier alpha value is -4.07. The molecule has 184 valence electrons. The molecule has 13 nitrogen and oxygen atoms in total. The predicted molar refractivity (Wildman–Crippen MR) is 113 cm³/mol. The van der Waals surface area contributed by atoms with Crippen molar-refractivity contribution in [2.45, 2.75) is 25.4 Å². The van der Waals surface area contributed by atoms with E-state index in [0.717, 1.165) is 11.0 Å². The van der Waals surface area contributed by atoms with Crippen LogP contribution in [0.4, 0.5) is 0 Å². The molecular weight excluding hydrogens is 458 g/mol. The van der Waals surface area contributed by atoms with E-state index in [1.807, 2.05) is 0 Å². The third kappa shape index (κ3) is 3.81. The monoisotopic (exact) mass is 481 g/mol. The zero-order chi connectivity index (χ0) is 25.7. The molecule has 2 aromatic carbocycles. The largest absolute Gasteiger partial charge is 0.507 e. The highest BCUT2D eigenvalue weighted by atomic mass is 16.5. The number of hydrogen-bond donors (Lipinski definition) is 10. The number of benzene rings is 2. The summed E-state index contributed by atoms with van der Waals surface area (Å²) >= 11 is 0. The van der Waals surface area contributed by atoms with Gasteiger partial charge in [0.1, 0.15) is 12.4 Å². The molecule has 0 atom stereocenters. The summed E-state index contributed by atoms with van der Waals surface area (Å²) in [7, 11) is 2.66. The maximum atomic E-state index is 11.3. The van der Waals surface area contributed by atoms with Crippen LogP contribution in [0.15, 0.2) is 6.08 Å². The second-order valence-electron chi connectivity index (χ2n) is 7.83. The van der Waals surface area contributed by atoms with Gasteiger partial charge in [0, 0.05) is 17.5 Å². The van der Waals surface area contributed by atoms with Crippen LogP contribution in [0.5, 0.6) is 46.0 Å². The fourth-order valence-electron chi connectivity index (χ4n) is 3.52. The molecule has 2 aromatic rings. The van der Waals surface area contributed by atoms with Crippen LogP contribution in [-0.4, -0.2) is 81.9 Å². The fraction of sp³-hybridized carbons (Fsp3) is 0.286. The van der Waals surface area contributed by atoms with Crippen molar-refractivity contribution in [3.05, 3.63) is 28.3 Å². The molecule has 0 fully saturated rings. The summed E-state index contributed by atoms with van der Waals surface area (Å²) in [4.78, 5) is 12.3. The summed E-state index contributed by atoms with van der Waals surface area (Å²) in [6.07, 6.45) is -0.521. The quantitative estimate of drug-likeness (QED) is 0.156. The molecule has 0 saturated carbocycles. The summed E-state index contributed by atoms with van der Waals surface area (Å²) in [5.74, 6) is -11.6. The van der Waals surface area contributed by atoms with Crippen molar-refractivity contribution in [3.8, 4) is 46.0 Å². The number of fused-ring (bicyclic) bond motifs is 2. The smallest absolute Gasteiger partial charge is 0.308 e. The summed E-state index contributed by atoms with van der Waals surface area (Å²) in [6, 6.07) is 0. The van der Waals surface area contributed by atoms with Crippen molar-refractivity contribution in [1.82, 2.24) is 4.90 Å². The van der Waals surface area contributed by atoms with Gasteiger partial charge in [-0.3, -0.25) is 9.69 Å². The molecule has 0 bridgehead atoms. The first-order valence-corrected chi connectivity index (χ1v) is 9.66. The molecule has 34 heavy (non-hydrogen) atoms. The van der Waals surface area contributed by atoms with Crippen molar-refractivity contribution in [2.75, 3.05) is 14.1 Å². The molecule has 0 saturated heterocycles. The highest BCUT2D eigenvalue weighted by Gasteiger charge is 2.36. The van der Waals surface area contributed by atoms with E-state index in [9.17, 15) is 50.8 Å². The molecule has 10 N–H and O–H groups in total. The highest BCUT2D eigenvalue weighted by Crippen LogP contribution is 2.58. The number of ether oxygens (including phenoxy) is 1. The molecule has 1 aliphatic heterocycles. The minimum atomic E-state index is -2.48. The number of hydrogen-bond acceptors (Lipinski definition) is 12. The third-order valence-electron chi connectivity index (χ3n) is 5.50. The number of aromatic hydroxyl groups is 7. The van der Waals surface area contributed by atoms with E-state index in [1.54, 1.807) is 0 Å². The number of carboxylic acid groups (broad SMARTS) is 1. The molecule has 13 heteroatoms. The van der Waals surface area contributed by atoms with Crippen LogP contribution in [0.1, 0.15) is 28.7 Å². The number of rotatable bonds is 5. The normalized spacial score (nSPS) is 14.4. The van der Waals surface area contributed by atoms with Crippen molar-refractivity contribution in [1.29, 1.82) is 0 Å². The van der Waals surface area contributed by atoms with E-state index in [4.69, 9.17) is 9.84 Å². The lowest BCUT2D eigenvalue weighted by Gasteiger charge is -2.28. The average Bonchev–Trinajstić information content (AvgIpc) is 2.93. The predicted octanol–water partition coefficient (Wildman–Crippen LogP) is 0.167. The first kappa shape index (κ1) is 24.6. The minimum Gasteiger partial charge on any atom is -0.507 e. The zero-order valence-electron chi connectivity index (χ0n) is 17.9. The molecule has 0 unspecified atom stereocenters. The highest BCUT2D eigenvalue weighted by molar-refractivity contribution is 5.95. The Bertz CT molecular complexity index is 1220. The van der Waals surface area contributed by atoms with Crippen LogP contribution >= 0.6 is 0 Å². The number of carboxylic acids is 1. The van der Waals surface area contributed by atoms with Crippen molar-refractivity contribution < 1.29 is 60.6 Å². The molecular formula is C21H23NO12. The SMILES string of the molecule is CN(C)C(O)(O)CC=C1c2c(O)c(O)c(O)c(O)c2COc2c(O)c(O)c(CC(=O)O)c(O)c21. The Labute approximate surface area is 191 Å². The lowest BCUT2D eigenvalue weighted by Crippen LogP contribution is -2.43. The van der Waals surface area contributed by atoms with E-state index < -0.39 is 94.0 Å². The second-order valence-corrected chi connectivity index (χ2v) is 7.83. The van der Waals surface area contributed by atoms with Crippen LogP contribution in [0, 0.1) is 0 Å². The fourth-order valence-corrected chi connectivity index (χ4v) is 3.52. The van der Waals surface area contributed by atoms with E-state index in [-0.39, 0.29) is 11.1 Å². The van der Waals surface area contributed by atoms with Gasteiger partial charge >= 0.3 is 5.97 Å². The molecule has 0 spiro atoms. The number of carbonyl (C=O) groups is 1. The van der Waals surface area contributed by atoms with Crippen molar-refractivity contribution >= 4 is 11.5 Å². The van der Waals surface area contributed by atoms with Crippen LogP contribution in [-0.2, 0) is 17.8 Å². The van der Waals surface area contributed by atoms with Gasteiger partial charge in [-0.25, -0.2) is 0 Å². The van der Waals surface area contributed by atoms with Gasteiger partial charge in [0.25, 0.3) is 0 Å². The van der Waals surface area contributed by atoms with Gasteiger partial charge in [0.15, 0.2) is 23.0 Å². The number of phenols is 7. The van der Waals surface area contributed by atoms with Gasteiger partial charge in [-0.15, -0.1) is 0 Å². The molecule has 0 aliphatic carbocycles. The van der Waals surface area contributed by atoms with E-state index in [1.165, 1.54) is 14.1 Å². The molecule has 0 radical (unpaired) electrons. The molecule has 1 aliphatic rings. The van der Waals surface area contributed by atoms with Gasteiger partial charge in [0.2, 0.25) is 23.2 Å². The summed E-state index contributed by atoms with van der Waals surface area (Å²) in [6.45, 7) is -0.672. The third-order valence-corrected chi connectivity index (χ3v) is 5.50. The second kappa shape index (κ2) is 8.37. The Morgan fingerprint density at radius 2 is 1.47 bits per heavy atom. The molecule has 0 amide bonds. The first-order valence-electron chi connectivity index (χ1n) is 9.66. The lowest BCUT2D eigenvalue weighted by molar-refractivity contribution is -0.245. The maximum absolute atomic E-state index is 11.3. The standard InChI is InChI=1S/C21H23NO12/c1-22(2)21(32,33)4-3-7-11-9(15(27)17(29)18(30)16(11)28)6-34-20-12(7)13(25)8(5-10(23)24)14(26)19(20)31/h3,25-33H,4-6H2,1-2H3,(H,23,24). The van der Waals surface area contributed by atoms with E-state index in [2.05, 4.69) is 0 Å². The number of aliphatic carboxylic acids is 1. The summed E-state index contributed by atoms with van der Waals surface area (Å²) in [5, 5.41) is 102. The Kier molecular flexibility index (Phi) is 6.05. The Balaban J connectivity index is 2.47. The van der Waals surface area contributed by atoms with E-state index >= 15 is 0 Å². The first-order chi connectivity index (χ1) is 15.7. The van der Waals surface area contributed by atoms with Crippen molar-refractivity contribution in [2.24, 2.45) is 0 Å². The minimum absolute atomic E-state index is 0.334. The topological polar surface area (TPSA) is 232 Å². The van der Waals surface area contributed by atoms with Gasteiger partial charge in [-0.05, 0) is 19.7 Å². The van der Waals surface area contributed by atoms with Gasteiger partial charge in [0.05, 0.1) is 17.5 Å². The van der Waals surface area contributed by atoms with Crippen LogP contribution < -0.4 is 4.74 Å². The van der Waals surface area contributed by atoms with Gasteiger partial charge < -0.3 is 55.8 Å². The Morgan fingerprint density at radius 3 is 2.03 bits per heavy atom. The zero-order valence-corrected chi connectivity index (χ0v) is 17.9. The summed E-state index contributed by atoms with van der Waals surface area (Å²) < 4.78 is 5.41. The number of nitrogens with zero attached hydrogens (tertiary/aromatic N) is 1. The molecule has 3 rings (SSSR count). The lowest BCUT2D eigenvalue weighted by atomic mass is 9.88. The van der Waals surface area contributed by atoms with E-state index in [0.29, 0.717) is 0 Å². The average molecular weight is 481 g/mol.